The number of carbonyl (C=O) groups is 1. The lowest BCUT2D eigenvalue weighted by molar-refractivity contribution is -0.242. The lowest BCUT2D eigenvalue weighted by atomic mass is 9.93. The van der Waals surface area contributed by atoms with Crippen LogP contribution in [0.25, 0.3) is 0 Å². The Morgan fingerprint density at radius 2 is 1.40 bits per heavy atom. The van der Waals surface area contributed by atoms with E-state index < -0.39 is 18.0 Å². The van der Waals surface area contributed by atoms with Crippen molar-refractivity contribution < 1.29 is 20.0 Å². The molecule has 0 bridgehead atoms. The minimum atomic E-state index is -0.720. The van der Waals surface area contributed by atoms with Gasteiger partial charge in [-0.15, -0.1) is 0 Å². The van der Waals surface area contributed by atoms with Crippen molar-refractivity contribution in [2.24, 2.45) is 5.92 Å². The van der Waals surface area contributed by atoms with Crippen LogP contribution < -0.4 is 0 Å². The van der Waals surface area contributed by atoms with Crippen LogP contribution >= 0.6 is 0 Å². The van der Waals surface area contributed by atoms with E-state index in [1.165, 1.54) is 44.9 Å². The smallest absolute Gasteiger partial charge is 0.347 e. The Morgan fingerprint density at radius 1 is 0.840 bits per heavy atom. The number of rotatable bonds is 17. The van der Waals surface area contributed by atoms with Gasteiger partial charge in [0.25, 0.3) is 0 Å². The Hall–Kier alpha value is -0.870. The zero-order valence-corrected chi connectivity index (χ0v) is 16.4. The summed E-state index contributed by atoms with van der Waals surface area (Å²) >= 11 is 0. The first kappa shape index (κ1) is 24.1. The van der Waals surface area contributed by atoms with E-state index in [1.54, 1.807) is 0 Å². The average molecular weight is 357 g/mol. The molecule has 25 heavy (non-hydrogen) atoms. The lowest BCUT2D eigenvalue weighted by Gasteiger charge is -2.19. The van der Waals surface area contributed by atoms with Crippen LogP contribution in [-0.4, -0.2) is 22.4 Å². The van der Waals surface area contributed by atoms with Gasteiger partial charge in [-0.25, -0.2) is 4.79 Å². The van der Waals surface area contributed by atoms with Gasteiger partial charge in [-0.1, -0.05) is 77.4 Å². The molecule has 148 valence electrons. The van der Waals surface area contributed by atoms with Gasteiger partial charge in [0.1, 0.15) is 0 Å². The van der Waals surface area contributed by atoms with Crippen LogP contribution in [0.5, 0.6) is 0 Å². The predicted octanol–water partition coefficient (Wildman–Crippen LogP) is 6.04. The second-order valence-electron chi connectivity index (χ2n) is 7.04. The number of hydrogen-bond acceptors (Lipinski definition) is 4. The van der Waals surface area contributed by atoms with E-state index in [0.717, 1.165) is 32.1 Å². The number of allylic oxidation sites excluding steroid dienone is 2. The van der Waals surface area contributed by atoms with Crippen LogP contribution in [-0.2, 0) is 9.68 Å². The SMILES string of the molecule is CCCCCCCC/C=C\CCCCCC(O)C(CCC)C(=O)OO. The Labute approximate surface area is 154 Å². The molecule has 0 fully saturated rings. The van der Waals surface area contributed by atoms with Gasteiger partial charge in [0, 0.05) is 0 Å². The van der Waals surface area contributed by atoms with Gasteiger partial charge in [-0.3, -0.25) is 0 Å². The molecule has 0 rings (SSSR count). The third kappa shape index (κ3) is 14.0. The van der Waals surface area contributed by atoms with E-state index in [2.05, 4.69) is 24.0 Å². The van der Waals surface area contributed by atoms with Crippen LogP contribution in [0.1, 0.15) is 104 Å². The third-order valence-electron chi connectivity index (χ3n) is 4.72. The fourth-order valence-electron chi connectivity index (χ4n) is 3.12. The summed E-state index contributed by atoms with van der Waals surface area (Å²) in [7, 11) is 0. The summed E-state index contributed by atoms with van der Waals surface area (Å²) in [5, 5.41) is 18.6. The number of aliphatic hydroxyl groups excluding tert-OH is 1. The molecule has 0 aliphatic carbocycles. The molecule has 0 saturated heterocycles. The first-order valence-corrected chi connectivity index (χ1v) is 10.4. The standard InChI is InChI=1S/C21H40O4/c1-3-5-6-7-8-9-10-11-12-13-14-15-16-18-20(22)19(17-4-2)21(23)25-24/h11-12,19-20,22,24H,3-10,13-18H2,1-2H3/b12-11-. The van der Waals surface area contributed by atoms with E-state index in [0.29, 0.717) is 12.8 Å². The van der Waals surface area contributed by atoms with Gasteiger partial charge in [0.2, 0.25) is 0 Å². The van der Waals surface area contributed by atoms with Crippen LogP contribution in [0.2, 0.25) is 0 Å². The summed E-state index contributed by atoms with van der Waals surface area (Å²) < 4.78 is 0. The molecule has 0 aliphatic rings. The van der Waals surface area contributed by atoms with Crippen molar-refractivity contribution in [2.45, 2.75) is 110 Å². The zero-order chi connectivity index (χ0) is 18.8. The third-order valence-corrected chi connectivity index (χ3v) is 4.72. The summed E-state index contributed by atoms with van der Waals surface area (Å²) in [6, 6.07) is 0. The maximum atomic E-state index is 11.4. The normalized spacial score (nSPS) is 13.9. The van der Waals surface area contributed by atoms with Gasteiger partial charge < -0.3 is 9.99 Å². The summed E-state index contributed by atoms with van der Waals surface area (Å²) in [4.78, 5) is 15.2. The first-order valence-electron chi connectivity index (χ1n) is 10.4. The van der Waals surface area contributed by atoms with E-state index >= 15 is 0 Å². The molecule has 2 N–H and O–H groups in total. The fourth-order valence-corrected chi connectivity index (χ4v) is 3.12. The highest BCUT2D eigenvalue weighted by Gasteiger charge is 2.27. The Bertz CT molecular complexity index is 328. The molecule has 0 aliphatic heterocycles. The Kier molecular flexibility index (Phi) is 17.3. The van der Waals surface area contributed by atoms with Crippen LogP contribution in [0.3, 0.4) is 0 Å². The van der Waals surface area contributed by atoms with Crippen molar-refractivity contribution in [1.29, 1.82) is 0 Å². The molecule has 2 atom stereocenters. The van der Waals surface area contributed by atoms with Gasteiger partial charge >= 0.3 is 5.97 Å². The molecular formula is C21H40O4. The highest BCUT2D eigenvalue weighted by molar-refractivity contribution is 5.72. The molecule has 0 radical (unpaired) electrons. The van der Waals surface area contributed by atoms with Crippen LogP contribution in [0.15, 0.2) is 12.2 Å². The largest absolute Gasteiger partial charge is 0.392 e. The molecule has 0 saturated carbocycles. The predicted molar refractivity (Wildman–Crippen MR) is 103 cm³/mol. The quantitative estimate of drug-likeness (QED) is 0.144. The van der Waals surface area contributed by atoms with Crippen molar-refractivity contribution in [3.8, 4) is 0 Å². The number of carbonyl (C=O) groups excluding carboxylic acids is 1. The van der Waals surface area contributed by atoms with E-state index in [1.807, 2.05) is 6.92 Å². The molecule has 0 aromatic heterocycles. The molecule has 2 unspecified atom stereocenters. The molecule has 4 heteroatoms. The van der Waals surface area contributed by atoms with Gasteiger partial charge in [0.05, 0.1) is 12.0 Å². The van der Waals surface area contributed by atoms with Gasteiger partial charge in [0.15, 0.2) is 0 Å². The molecule has 0 heterocycles. The zero-order valence-electron chi connectivity index (χ0n) is 16.4. The first-order chi connectivity index (χ1) is 12.2. The van der Waals surface area contributed by atoms with E-state index in [9.17, 15) is 9.90 Å². The summed E-state index contributed by atoms with van der Waals surface area (Å²) in [6.07, 6.45) is 19.1. The minimum Gasteiger partial charge on any atom is -0.392 e. The number of unbranched alkanes of at least 4 members (excludes halogenated alkanes) is 9. The van der Waals surface area contributed by atoms with Crippen LogP contribution in [0, 0.1) is 5.92 Å². The minimum absolute atomic E-state index is 0.543. The molecular weight excluding hydrogens is 316 g/mol. The topological polar surface area (TPSA) is 66.8 Å². The van der Waals surface area contributed by atoms with Crippen molar-refractivity contribution >= 4 is 5.97 Å². The maximum absolute atomic E-state index is 11.4. The summed E-state index contributed by atoms with van der Waals surface area (Å²) in [5.74, 6) is -1.32. The fraction of sp³-hybridized carbons (Fsp3) is 0.857. The van der Waals surface area contributed by atoms with Gasteiger partial charge in [-0.05, 0) is 38.5 Å². The van der Waals surface area contributed by atoms with Crippen LogP contribution in [0.4, 0.5) is 0 Å². The highest BCUT2D eigenvalue weighted by atomic mass is 17.1. The van der Waals surface area contributed by atoms with Crippen molar-refractivity contribution in [3.63, 3.8) is 0 Å². The maximum Gasteiger partial charge on any atom is 0.347 e. The van der Waals surface area contributed by atoms with E-state index in [-0.39, 0.29) is 0 Å². The molecule has 0 spiro atoms. The monoisotopic (exact) mass is 356 g/mol. The summed E-state index contributed by atoms with van der Waals surface area (Å²) in [6.45, 7) is 4.19. The second-order valence-corrected chi connectivity index (χ2v) is 7.04. The van der Waals surface area contributed by atoms with Crippen molar-refractivity contribution in [3.05, 3.63) is 12.2 Å². The number of aliphatic hydroxyl groups is 1. The van der Waals surface area contributed by atoms with E-state index in [4.69, 9.17) is 5.26 Å². The molecule has 0 aromatic rings. The molecule has 0 amide bonds. The average Bonchev–Trinajstić information content (AvgIpc) is 2.62. The Balaban J connectivity index is 3.58. The number of hydrogen-bond donors (Lipinski definition) is 2. The molecule has 0 aromatic carbocycles. The summed E-state index contributed by atoms with van der Waals surface area (Å²) in [5.41, 5.74) is 0. The lowest BCUT2D eigenvalue weighted by Crippen LogP contribution is -2.29. The van der Waals surface area contributed by atoms with Crippen molar-refractivity contribution in [1.82, 2.24) is 0 Å². The Morgan fingerprint density at radius 3 is 1.96 bits per heavy atom. The highest BCUT2D eigenvalue weighted by Crippen LogP contribution is 2.19. The van der Waals surface area contributed by atoms with Gasteiger partial charge in [-0.2, -0.15) is 5.26 Å². The van der Waals surface area contributed by atoms with Crippen molar-refractivity contribution in [2.75, 3.05) is 0 Å². The molecule has 4 nitrogen and oxygen atoms in total. The second kappa shape index (κ2) is 17.9.